The van der Waals surface area contributed by atoms with Crippen LogP contribution in [-0.4, -0.2) is 43.1 Å². The van der Waals surface area contributed by atoms with Gasteiger partial charge in [0.05, 0.1) is 30.3 Å². The average Bonchev–Trinajstić information content (AvgIpc) is 3.63. The van der Waals surface area contributed by atoms with Gasteiger partial charge in [0.1, 0.15) is 11.4 Å². The van der Waals surface area contributed by atoms with Crippen LogP contribution in [0.1, 0.15) is 94.3 Å². The van der Waals surface area contributed by atoms with Crippen molar-refractivity contribution in [2.75, 3.05) is 12.3 Å². The number of nitrogens with one attached hydrogen (secondary N) is 2. The predicted octanol–water partition coefficient (Wildman–Crippen LogP) is 9.72. The molecule has 4 aromatic rings. The topological polar surface area (TPSA) is 113 Å². The number of anilines is 1. The Balaban J connectivity index is 0.00000105. The van der Waals surface area contributed by atoms with Crippen LogP contribution in [-0.2, 0) is 11.3 Å². The number of nitrogens with two attached hydrogens (primary N) is 1. The second-order valence-electron chi connectivity index (χ2n) is 10.9. The number of amides is 1. The molecule has 0 aliphatic carbocycles. The van der Waals surface area contributed by atoms with Gasteiger partial charge < -0.3 is 25.3 Å². The lowest BCUT2D eigenvalue weighted by Crippen LogP contribution is -2.37. The van der Waals surface area contributed by atoms with E-state index in [4.69, 9.17) is 10.5 Å². The van der Waals surface area contributed by atoms with Crippen LogP contribution in [0.3, 0.4) is 0 Å². The Hall–Kier alpha value is -4.07. The van der Waals surface area contributed by atoms with Gasteiger partial charge in [0, 0.05) is 6.54 Å². The zero-order valence-electron chi connectivity index (χ0n) is 28.0. The number of benzene rings is 2. The number of nitrogen functional groups attached to an aromatic ring is 1. The summed E-state index contributed by atoms with van der Waals surface area (Å²) in [4.78, 5) is 29.2. The fourth-order valence-corrected chi connectivity index (χ4v) is 3.77. The van der Waals surface area contributed by atoms with E-state index in [0.717, 1.165) is 45.9 Å². The van der Waals surface area contributed by atoms with E-state index in [2.05, 4.69) is 84.0 Å². The first-order chi connectivity index (χ1) is 20.5. The van der Waals surface area contributed by atoms with Crippen molar-refractivity contribution in [3.63, 3.8) is 0 Å². The SMILES string of the molecule is CC.CCC.CCC.CCCN(Cc1ncc(-c2ccc(-c3ccc(-c4cnc(N)[nH]4)cc3)cc2)[nH]1)C(=O)OC(C)(C)C. The minimum Gasteiger partial charge on any atom is -0.444 e. The van der Waals surface area contributed by atoms with E-state index in [9.17, 15) is 4.79 Å². The van der Waals surface area contributed by atoms with E-state index in [0.29, 0.717) is 19.0 Å². The highest BCUT2D eigenvalue weighted by molar-refractivity contribution is 5.72. The Labute approximate surface area is 259 Å². The molecule has 2 aromatic heterocycles. The summed E-state index contributed by atoms with van der Waals surface area (Å²) in [5.74, 6) is 1.13. The molecule has 0 spiro atoms. The molecule has 2 heterocycles. The maximum atomic E-state index is 12.6. The molecular weight excluding hydrogens is 536 g/mol. The van der Waals surface area contributed by atoms with Crippen molar-refractivity contribution in [1.82, 2.24) is 24.8 Å². The lowest BCUT2D eigenvalue weighted by molar-refractivity contribution is 0.0229. The predicted molar refractivity (Wildman–Crippen MR) is 182 cm³/mol. The first kappa shape index (κ1) is 37.0. The van der Waals surface area contributed by atoms with Crippen LogP contribution in [0.25, 0.3) is 33.6 Å². The third-order valence-corrected chi connectivity index (χ3v) is 5.43. The zero-order chi connectivity index (χ0) is 32.4. The van der Waals surface area contributed by atoms with Crippen LogP contribution in [0.15, 0.2) is 60.9 Å². The summed E-state index contributed by atoms with van der Waals surface area (Å²) in [5, 5.41) is 0. The van der Waals surface area contributed by atoms with Crippen molar-refractivity contribution < 1.29 is 9.53 Å². The molecule has 43 heavy (non-hydrogen) atoms. The van der Waals surface area contributed by atoms with Gasteiger partial charge in [0.2, 0.25) is 0 Å². The summed E-state index contributed by atoms with van der Waals surface area (Å²) in [5.41, 5.74) is 11.2. The van der Waals surface area contributed by atoms with Crippen LogP contribution in [0.4, 0.5) is 10.7 Å². The Morgan fingerprint density at radius 3 is 1.58 bits per heavy atom. The maximum Gasteiger partial charge on any atom is 0.410 e. The minimum atomic E-state index is -0.535. The van der Waals surface area contributed by atoms with Crippen LogP contribution >= 0.6 is 0 Å². The number of imidazole rings is 2. The number of aromatic amines is 2. The van der Waals surface area contributed by atoms with Crippen LogP contribution in [0.5, 0.6) is 0 Å². The lowest BCUT2D eigenvalue weighted by Gasteiger charge is -2.26. The molecule has 0 saturated heterocycles. The standard InChI is InChI=1S/C27H32N6O2.2C3H8.C2H6/c1-5-14-33(26(34)35-27(2,3)4)17-24-29-15-22(31-24)20-10-6-18(7-11-20)19-8-12-21(13-9-19)23-16-30-25(28)32-23;2*1-3-2;1-2/h6-13,15-16H,5,14,17H2,1-4H3,(H,29,31)(H3,28,30,32);2*3H2,1-2H3;1-2H3. The zero-order valence-corrected chi connectivity index (χ0v) is 28.0. The Morgan fingerprint density at radius 2 is 1.19 bits per heavy atom. The largest absolute Gasteiger partial charge is 0.444 e. The van der Waals surface area contributed by atoms with Crippen LogP contribution in [0, 0.1) is 0 Å². The molecule has 0 aliphatic heterocycles. The molecule has 4 rings (SSSR count). The van der Waals surface area contributed by atoms with Crippen molar-refractivity contribution in [3.8, 4) is 33.6 Å². The van der Waals surface area contributed by atoms with Crippen molar-refractivity contribution in [1.29, 1.82) is 0 Å². The van der Waals surface area contributed by atoms with Gasteiger partial charge in [-0.15, -0.1) is 0 Å². The van der Waals surface area contributed by atoms with Gasteiger partial charge in [0.25, 0.3) is 0 Å². The number of carbonyl (C=O) groups excluding carboxylic acids is 1. The number of aromatic nitrogens is 4. The van der Waals surface area contributed by atoms with Gasteiger partial charge in [-0.25, -0.2) is 14.8 Å². The number of rotatable bonds is 7. The van der Waals surface area contributed by atoms with Gasteiger partial charge in [-0.2, -0.15) is 0 Å². The number of hydrogen-bond acceptors (Lipinski definition) is 5. The number of carbonyl (C=O) groups is 1. The van der Waals surface area contributed by atoms with Crippen molar-refractivity contribution in [3.05, 3.63) is 66.7 Å². The summed E-state index contributed by atoms with van der Waals surface area (Å²) in [6.45, 7) is 21.1. The van der Waals surface area contributed by atoms with Crippen LogP contribution in [0.2, 0.25) is 0 Å². The van der Waals surface area contributed by atoms with Gasteiger partial charge in [-0.3, -0.25) is 0 Å². The fraction of sp³-hybridized carbons (Fsp3) is 0.457. The summed E-state index contributed by atoms with van der Waals surface area (Å²) in [6.07, 6.45) is 6.54. The molecule has 236 valence electrons. The first-order valence-electron chi connectivity index (χ1n) is 15.6. The highest BCUT2D eigenvalue weighted by Gasteiger charge is 2.22. The number of nitrogens with zero attached hydrogens (tertiary/aromatic N) is 3. The molecule has 0 bridgehead atoms. The van der Waals surface area contributed by atoms with Gasteiger partial charge in [-0.05, 0) is 49.4 Å². The summed E-state index contributed by atoms with van der Waals surface area (Å²) >= 11 is 0. The Kier molecular flexibility index (Phi) is 16.5. The lowest BCUT2D eigenvalue weighted by atomic mass is 10.0. The second-order valence-corrected chi connectivity index (χ2v) is 10.9. The quantitative estimate of drug-likeness (QED) is 0.198. The third-order valence-electron chi connectivity index (χ3n) is 5.43. The van der Waals surface area contributed by atoms with E-state index in [1.807, 2.05) is 53.7 Å². The normalized spacial score (nSPS) is 10.3. The van der Waals surface area contributed by atoms with E-state index in [-0.39, 0.29) is 6.09 Å². The van der Waals surface area contributed by atoms with E-state index >= 15 is 0 Å². The molecule has 4 N–H and O–H groups in total. The average molecular weight is 591 g/mol. The molecule has 0 atom stereocenters. The molecule has 8 heteroatoms. The molecule has 8 nitrogen and oxygen atoms in total. The molecular formula is C35H54N6O2. The fourth-order valence-electron chi connectivity index (χ4n) is 3.77. The van der Waals surface area contributed by atoms with Crippen molar-refractivity contribution in [2.45, 2.75) is 101 Å². The molecule has 0 radical (unpaired) electrons. The number of hydrogen-bond donors (Lipinski definition) is 3. The van der Waals surface area contributed by atoms with Gasteiger partial charge >= 0.3 is 6.09 Å². The monoisotopic (exact) mass is 590 g/mol. The first-order valence-corrected chi connectivity index (χ1v) is 15.6. The number of H-pyrrole nitrogens is 2. The molecule has 0 aliphatic rings. The van der Waals surface area contributed by atoms with Gasteiger partial charge in [0.15, 0.2) is 5.95 Å². The third kappa shape index (κ3) is 12.8. The van der Waals surface area contributed by atoms with E-state index < -0.39 is 5.60 Å². The minimum absolute atomic E-state index is 0.330. The second kappa shape index (κ2) is 19.2. The summed E-state index contributed by atoms with van der Waals surface area (Å²) < 4.78 is 5.54. The Morgan fingerprint density at radius 1 is 0.767 bits per heavy atom. The Bertz CT molecular complexity index is 1300. The van der Waals surface area contributed by atoms with E-state index in [1.165, 1.54) is 12.8 Å². The molecule has 0 fully saturated rings. The summed E-state index contributed by atoms with van der Waals surface area (Å²) in [7, 11) is 0. The molecule has 0 unspecified atom stereocenters. The molecule has 0 saturated carbocycles. The molecule has 1 amide bonds. The summed E-state index contributed by atoms with van der Waals surface area (Å²) in [6, 6.07) is 16.5. The maximum absolute atomic E-state index is 12.6. The highest BCUT2D eigenvalue weighted by atomic mass is 16.6. The smallest absolute Gasteiger partial charge is 0.410 e. The van der Waals surface area contributed by atoms with Crippen molar-refractivity contribution >= 4 is 12.0 Å². The molecule has 2 aromatic carbocycles. The van der Waals surface area contributed by atoms with Gasteiger partial charge in [-0.1, -0.05) is 110 Å². The number of ether oxygens (including phenoxy) is 1. The highest BCUT2D eigenvalue weighted by Crippen LogP contribution is 2.27. The van der Waals surface area contributed by atoms with Crippen molar-refractivity contribution in [2.24, 2.45) is 0 Å². The van der Waals surface area contributed by atoms with Crippen LogP contribution < -0.4 is 5.73 Å². The van der Waals surface area contributed by atoms with E-state index in [1.54, 1.807) is 17.3 Å².